The van der Waals surface area contributed by atoms with Crippen LogP contribution in [-0.4, -0.2) is 13.6 Å². The van der Waals surface area contributed by atoms with Gasteiger partial charge in [0.1, 0.15) is 7.85 Å². The highest BCUT2D eigenvalue weighted by Crippen LogP contribution is 2.59. The summed E-state index contributed by atoms with van der Waals surface area (Å²) in [6, 6.07) is 57.6. The summed E-state index contributed by atoms with van der Waals surface area (Å²) in [5, 5.41) is 0. The minimum atomic E-state index is 0.0503. The van der Waals surface area contributed by atoms with E-state index in [2.05, 4.69) is 201 Å². The molecule has 306 valence electrons. The van der Waals surface area contributed by atoms with Crippen molar-refractivity contribution in [3.05, 3.63) is 224 Å². The van der Waals surface area contributed by atoms with Crippen LogP contribution in [0.2, 0.25) is 5.82 Å². The van der Waals surface area contributed by atoms with E-state index < -0.39 is 0 Å². The Morgan fingerprint density at radius 3 is 1.60 bits per heavy atom. The van der Waals surface area contributed by atoms with Gasteiger partial charge in [-0.25, -0.2) is 4.99 Å². The van der Waals surface area contributed by atoms with E-state index in [-0.39, 0.29) is 16.6 Å². The Kier molecular flexibility index (Phi) is 10.2. The number of fused-ring (bicyclic) bond motifs is 5. The number of hydrogen-bond donors (Lipinski definition) is 0. The maximum atomic E-state index is 6.06. The first-order chi connectivity index (χ1) is 30.0. The molecule has 0 N–H and O–H groups in total. The Balaban J connectivity index is 1.36. The molecule has 0 saturated heterocycles. The van der Waals surface area contributed by atoms with Crippen LogP contribution in [0.15, 0.2) is 179 Å². The summed E-state index contributed by atoms with van der Waals surface area (Å²) in [5.74, 6) is 0.125. The second-order valence-electron chi connectivity index (χ2n) is 20.0. The normalized spacial score (nSPS) is 18.4. The third-order valence-electron chi connectivity index (χ3n) is 14.0. The summed E-state index contributed by atoms with van der Waals surface area (Å²) in [5.41, 5.74) is 26.6. The van der Waals surface area contributed by atoms with Crippen molar-refractivity contribution >= 4 is 35.9 Å². The molecule has 1 aliphatic heterocycles. The number of benzene rings is 6. The second kappa shape index (κ2) is 15.7. The molecule has 1 heterocycles. The van der Waals surface area contributed by atoms with E-state index in [0.29, 0.717) is 0 Å². The first-order valence-electron chi connectivity index (χ1n) is 23.1. The fourth-order valence-corrected chi connectivity index (χ4v) is 10.8. The molecule has 62 heavy (non-hydrogen) atoms. The maximum absolute atomic E-state index is 6.06. The number of aryl methyl sites for hydroxylation is 2. The van der Waals surface area contributed by atoms with Crippen LogP contribution in [0.4, 0.5) is 0 Å². The van der Waals surface area contributed by atoms with Crippen LogP contribution in [0.1, 0.15) is 117 Å². The topological polar surface area (TPSA) is 12.4 Å². The molecular weight excluding hydrogens is 745 g/mol. The Labute approximate surface area is 371 Å². The van der Waals surface area contributed by atoms with Crippen LogP contribution >= 0.6 is 0 Å². The third-order valence-corrected chi connectivity index (χ3v) is 14.0. The van der Waals surface area contributed by atoms with Crippen molar-refractivity contribution in [3.8, 4) is 11.1 Å². The highest BCUT2D eigenvalue weighted by Gasteiger charge is 2.40. The zero-order valence-electron chi connectivity index (χ0n) is 37.7. The van der Waals surface area contributed by atoms with Gasteiger partial charge in [-0.3, -0.25) is 0 Å². The van der Waals surface area contributed by atoms with Gasteiger partial charge >= 0.3 is 0 Å². The smallest absolute Gasteiger partial charge is 0.116 e. The molecule has 6 aromatic rings. The lowest BCUT2D eigenvalue weighted by atomic mass is 9.69. The molecule has 0 unspecified atom stereocenters. The first kappa shape index (κ1) is 40.1. The molecule has 2 heteroatoms. The van der Waals surface area contributed by atoms with Gasteiger partial charge in [-0.05, 0) is 139 Å². The lowest BCUT2D eigenvalue weighted by Gasteiger charge is -2.25. The fraction of sp³-hybridized carbons (Fsp3) is 0.250. The van der Waals surface area contributed by atoms with Gasteiger partial charge in [0.2, 0.25) is 0 Å². The van der Waals surface area contributed by atoms with Gasteiger partial charge in [-0.1, -0.05) is 193 Å². The van der Waals surface area contributed by atoms with Gasteiger partial charge in [0, 0.05) is 16.7 Å². The Bertz CT molecular complexity index is 2880. The molecule has 10 rings (SSSR count). The molecule has 0 amide bonds. The molecule has 0 bridgehead atoms. The minimum absolute atomic E-state index is 0.0503. The van der Waals surface area contributed by atoms with Gasteiger partial charge in [-0.15, -0.1) is 0 Å². The molecule has 0 aromatic heterocycles. The van der Waals surface area contributed by atoms with E-state index in [0.717, 1.165) is 49.9 Å². The van der Waals surface area contributed by atoms with Crippen molar-refractivity contribution in [2.45, 2.75) is 96.7 Å². The van der Waals surface area contributed by atoms with E-state index in [1.54, 1.807) is 0 Å². The summed E-state index contributed by atoms with van der Waals surface area (Å²) >= 11 is 0. The van der Waals surface area contributed by atoms with Crippen LogP contribution in [0, 0.1) is 0 Å². The average Bonchev–Trinajstić information content (AvgIpc) is 3.61. The largest absolute Gasteiger partial charge is 0.247 e. The van der Waals surface area contributed by atoms with Gasteiger partial charge in [-0.2, -0.15) is 0 Å². The zero-order valence-corrected chi connectivity index (χ0v) is 37.7. The van der Waals surface area contributed by atoms with Crippen LogP contribution in [-0.2, 0) is 23.7 Å². The van der Waals surface area contributed by atoms with E-state index in [1.165, 1.54) is 100 Å². The van der Waals surface area contributed by atoms with Gasteiger partial charge in [0.25, 0.3) is 0 Å². The highest BCUT2D eigenvalue weighted by atomic mass is 14.8. The number of allylic oxidation sites excluding steroid dienone is 7. The van der Waals surface area contributed by atoms with Gasteiger partial charge < -0.3 is 0 Å². The lowest BCUT2D eigenvalue weighted by molar-refractivity contribution is 0.590. The SMILES string of the molecule is B[C@@H]1C(/C(=C2\N=C3C(=C2c2ccc(C(C)(C)C)cc2)CCCc2ccccc23)c2ccccc2-c2ccccc2)=C(c2ccc(C(C)(C)C)cc2)C2=C1c1ccccc1CCC2. The highest BCUT2D eigenvalue weighted by molar-refractivity contribution is 6.31. The molecule has 0 saturated carbocycles. The number of hydrogen-bond acceptors (Lipinski definition) is 1. The van der Waals surface area contributed by atoms with Crippen molar-refractivity contribution in [2.75, 3.05) is 0 Å². The van der Waals surface area contributed by atoms with E-state index in [4.69, 9.17) is 4.99 Å². The summed E-state index contributed by atoms with van der Waals surface area (Å²) < 4.78 is 0. The molecule has 0 spiro atoms. The van der Waals surface area contributed by atoms with Crippen LogP contribution in [0.5, 0.6) is 0 Å². The van der Waals surface area contributed by atoms with E-state index >= 15 is 0 Å². The van der Waals surface area contributed by atoms with Gasteiger partial charge in [0.15, 0.2) is 0 Å². The molecular formula is C60H58BN. The predicted molar refractivity (Wildman–Crippen MR) is 267 cm³/mol. The summed E-state index contributed by atoms with van der Waals surface area (Å²) in [7, 11) is 2.50. The van der Waals surface area contributed by atoms with Crippen LogP contribution < -0.4 is 0 Å². The third kappa shape index (κ3) is 7.02. The maximum Gasteiger partial charge on any atom is 0.116 e. The van der Waals surface area contributed by atoms with Crippen LogP contribution in [0.3, 0.4) is 0 Å². The summed E-state index contributed by atoms with van der Waals surface area (Å²) in [4.78, 5) is 6.06. The Morgan fingerprint density at radius 2 is 0.984 bits per heavy atom. The number of rotatable bonds is 5. The Morgan fingerprint density at radius 1 is 0.484 bits per heavy atom. The van der Waals surface area contributed by atoms with Crippen molar-refractivity contribution in [1.82, 2.24) is 0 Å². The molecule has 0 radical (unpaired) electrons. The molecule has 4 aliphatic rings. The molecule has 0 fully saturated rings. The summed E-state index contributed by atoms with van der Waals surface area (Å²) in [6.45, 7) is 13.9. The molecule has 3 aliphatic carbocycles. The molecule has 1 nitrogen and oxygen atoms in total. The van der Waals surface area contributed by atoms with E-state index in [1.807, 2.05) is 0 Å². The summed E-state index contributed by atoms with van der Waals surface area (Å²) in [6.07, 6.45) is 6.40. The van der Waals surface area contributed by atoms with Crippen molar-refractivity contribution in [1.29, 1.82) is 0 Å². The van der Waals surface area contributed by atoms with Crippen LogP contribution in [0.25, 0.3) is 33.4 Å². The molecule has 6 aromatic carbocycles. The lowest BCUT2D eigenvalue weighted by Crippen LogP contribution is -2.11. The number of nitrogens with zero attached hydrogens (tertiary/aromatic N) is 1. The van der Waals surface area contributed by atoms with Gasteiger partial charge in [0.05, 0.1) is 11.4 Å². The predicted octanol–water partition coefficient (Wildman–Crippen LogP) is 14.6. The monoisotopic (exact) mass is 803 g/mol. The second-order valence-corrected chi connectivity index (χ2v) is 20.0. The number of aliphatic imine (C=N–C) groups is 1. The standard InChI is InChI=1S/C60H58BN/c1-59(2,3)43-34-30-41(31-35-43)51-49-28-16-22-39-20-10-12-25-46(39)53(49)56(61)55(51)54(48-27-15-14-24-45(48)38-18-8-7-9-19-38)58-52(42-32-36-44(37-33-42)60(4,5)6)50-29-17-23-40-21-11-13-26-47(40)57(50)62-58/h7-15,18-21,24-27,30-37,56H,16-17,22-23,28-29,61H2,1-6H3/b58-54-/t56-/m0/s1. The van der Waals surface area contributed by atoms with Crippen molar-refractivity contribution in [3.63, 3.8) is 0 Å². The van der Waals surface area contributed by atoms with Crippen molar-refractivity contribution in [2.24, 2.45) is 4.99 Å². The molecule has 1 atom stereocenters. The average molecular weight is 804 g/mol. The first-order valence-corrected chi connectivity index (χ1v) is 23.1. The zero-order chi connectivity index (χ0) is 42.8. The fourth-order valence-electron chi connectivity index (χ4n) is 10.8. The van der Waals surface area contributed by atoms with Crippen molar-refractivity contribution < 1.29 is 0 Å². The Hall–Kier alpha value is -5.99. The quantitative estimate of drug-likeness (QED) is 0.154. The minimum Gasteiger partial charge on any atom is -0.247 e. The van der Waals surface area contributed by atoms with E-state index in [9.17, 15) is 0 Å².